The average Bonchev–Trinajstić information content (AvgIpc) is 2.36. The molecule has 0 aliphatic heterocycles. The van der Waals surface area contributed by atoms with Gasteiger partial charge in [-0.3, -0.25) is 0 Å². The van der Waals surface area contributed by atoms with E-state index < -0.39 is 11.6 Å². The smallest absolute Gasteiger partial charge is 0.232 e. The minimum Gasteiger partial charge on any atom is -0.480 e. The molecule has 1 N–H and O–H groups in total. The Labute approximate surface area is 110 Å². The highest BCUT2D eigenvalue weighted by Crippen LogP contribution is 2.23. The van der Waals surface area contributed by atoms with Gasteiger partial charge in [0.1, 0.15) is 0 Å². The normalized spacial score (nSPS) is 10.2. The lowest BCUT2D eigenvalue weighted by Crippen LogP contribution is -2.00. The summed E-state index contributed by atoms with van der Waals surface area (Å²) in [6, 6.07) is 3.43. The quantitative estimate of drug-likeness (QED) is 0.944. The van der Waals surface area contributed by atoms with E-state index in [-0.39, 0.29) is 5.95 Å². The lowest BCUT2D eigenvalue weighted by molar-refractivity contribution is 0.394. The minimum absolute atomic E-state index is 0.223. The van der Waals surface area contributed by atoms with Crippen molar-refractivity contribution in [3.05, 3.63) is 40.5 Å². The molecule has 0 amide bonds. The van der Waals surface area contributed by atoms with Gasteiger partial charge in [-0.2, -0.15) is 4.98 Å². The van der Waals surface area contributed by atoms with Crippen LogP contribution in [0.15, 0.2) is 28.9 Å². The van der Waals surface area contributed by atoms with Crippen molar-refractivity contribution in [2.75, 3.05) is 12.4 Å². The fourth-order valence-electron chi connectivity index (χ4n) is 1.26. The molecule has 0 aliphatic carbocycles. The van der Waals surface area contributed by atoms with Crippen molar-refractivity contribution in [3.8, 4) is 5.88 Å². The molecule has 0 fully saturated rings. The summed E-state index contributed by atoms with van der Waals surface area (Å²) in [6.45, 7) is 0. The lowest BCUT2D eigenvalue weighted by Gasteiger charge is -2.07. The van der Waals surface area contributed by atoms with Crippen LogP contribution in [-0.4, -0.2) is 17.1 Å². The zero-order chi connectivity index (χ0) is 13.1. The van der Waals surface area contributed by atoms with Gasteiger partial charge in [-0.1, -0.05) is 0 Å². The Hall–Kier alpha value is -1.76. The van der Waals surface area contributed by atoms with Crippen molar-refractivity contribution in [2.24, 2.45) is 0 Å². The molecule has 18 heavy (non-hydrogen) atoms. The largest absolute Gasteiger partial charge is 0.480 e. The van der Waals surface area contributed by atoms with E-state index in [2.05, 4.69) is 31.2 Å². The van der Waals surface area contributed by atoms with Crippen molar-refractivity contribution in [3.63, 3.8) is 0 Å². The standard InChI is InChI=1S/C11H8BrF2N3O/c1-18-10-7(12)5-15-11(17-10)16-6-2-3-8(13)9(14)4-6/h2-5H,1H3,(H,15,16,17). The number of methoxy groups -OCH3 is 1. The molecule has 0 bridgehead atoms. The summed E-state index contributed by atoms with van der Waals surface area (Å²) in [6.07, 6.45) is 1.49. The molecule has 4 nitrogen and oxygen atoms in total. The monoisotopic (exact) mass is 315 g/mol. The van der Waals surface area contributed by atoms with Crippen LogP contribution in [0.1, 0.15) is 0 Å². The van der Waals surface area contributed by atoms with E-state index in [1.807, 2.05) is 0 Å². The molecule has 1 heterocycles. The van der Waals surface area contributed by atoms with Crippen molar-refractivity contribution >= 4 is 27.6 Å². The first-order valence-electron chi connectivity index (χ1n) is 4.89. The summed E-state index contributed by atoms with van der Waals surface area (Å²) in [4.78, 5) is 8.00. The first-order chi connectivity index (χ1) is 8.60. The molecule has 0 unspecified atom stereocenters. The van der Waals surface area contributed by atoms with Gasteiger partial charge in [-0.05, 0) is 28.1 Å². The average molecular weight is 316 g/mol. The predicted molar refractivity (Wildman–Crippen MR) is 65.9 cm³/mol. The van der Waals surface area contributed by atoms with Gasteiger partial charge in [-0.25, -0.2) is 13.8 Å². The maximum atomic E-state index is 13.0. The van der Waals surface area contributed by atoms with E-state index in [0.29, 0.717) is 16.0 Å². The highest BCUT2D eigenvalue weighted by molar-refractivity contribution is 9.10. The number of aromatic nitrogens is 2. The van der Waals surface area contributed by atoms with E-state index in [1.54, 1.807) is 0 Å². The molecule has 0 spiro atoms. The molecule has 1 aromatic carbocycles. The fraction of sp³-hybridized carbons (Fsp3) is 0.0909. The van der Waals surface area contributed by atoms with E-state index in [4.69, 9.17) is 4.74 Å². The molecule has 0 saturated carbocycles. The number of benzene rings is 1. The van der Waals surface area contributed by atoms with Crippen molar-refractivity contribution < 1.29 is 13.5 Å². The van der Waals surface area contributed by atoms with Crippen LogP contribution in [0, 0.1) is 11.6 Å². The Morgan fingerprint density at radius 3 is 2.72 bits per heavy atom. The fourth-order valence-corrected chi connectivity index (χ4v) is 1.61. The Balaban J connectivity index is 2.25. The number of hydrogen-bond donors (Lipinski definition) is 1. The highest BCUT2D eigenvalue weighted by Gasteiger charge is 2.07. The third-order valence-corrected chi connectivity index (χ3v) is 2.62. The zero-order valence-electron chi connectivity index (χ0n) is 9.25. The lowest BCUT2D eigenvalue weighted by atomic mass is 10.3. The summed E-state index contributed by atoms with van der Waals surface area (Å²) in [7, 11) is 1.47. The van der Waals surface area contributed by atoms with Crippen LogP contribution < -0.4 is 10.1 Å². The van der Waals surface area contributed by atoms with Gasteiger partial charge in [-0.15, -0.1) is 0 Å². The second kappa shape index (κ2) is 5.26. The number of hydrogen-bond acceptors (Lipinski definition) is 4. The van der Waals surface area contributed by atoms with Gasteiger partial charge in [0.25, 0.3) is 0 Å². The number of nitrogens with zero attached hydrogens (tertiary/aromatic N) is 2. The van der Waals surface area contributed by atoms with Crippen molar-refractivity contribution in [1.82, 2.24) is 9.97 Å². The number of halogens is 3. The maximum Gasteiger partial charge on any atom is 0.232 e. The Morgan fingerprint density at radius 1 is 1.28 bits per heavy atom. The molecule has 2 aromatic rings. The summed E-state index contributed by atoms with van der Waals surface area (Å²) in [5, 5.41) is 2.74. The second-order valence-corrected chi connectivity index (χ2v) is 4.16. The van der Waals surface area contributed by atoms with Crippen LogP contribution in [0.4, 0.5) is 20.4 Å². The van der Waals surface area contributed by atoms with Gasteiger partial charge in [0.2, 0.25) is 11.8 Å². The topological polar surface area (TPSA) is 47.0 Å². The third kappa shape index (κ3) is 2.73. The summed E-state index contributed by atoms with van der Waals surface area (Å²) in [5.41, 5.74) is 0.346. The van der Waals surface area contributed by atoms with Crippen LogP contribution in [0.3, 0.4) is 0 Å². The maximum absolute atomic E-state index is 13.0. The number of anilines is 2. The summed E-state index contributed by atoms with van der Waals surface area (Å²) in [5.74, 6) is -1.28. The number of nitrogens with one attached hydrogen (secondary N) is 1. The van der Waals surface area contributed by atoms with Crippen molar-refractivity contribution in [2.45, 2.75) is 0 Å². The molecular weight excluding hydrogens is 308 g/mol. The molecule has 1 aromatic heterocycles. The summed E-state index contributed by atoms with van der Waals surface area (Å²) >= 11 is 3.21. The number of rotatable bonds is 3. The van der Waals surface area contributed by atoms with Crippen molar-refractivity contribution in [1.29, 1.82) is 0 Å². The first-order valence-corrected chi connectivity index (χ1v) is 5.68. The van der Waals surface area contributed by atoms with E-state index >= 15 is 0 Å². The van der Waals surface area contributed by atoms with Crippen LogP contribution in [0.25, 0.3) is 0 Å². The number of ether oxygens (including phenoxy) is 1. The van der Waals surface area contributed by atoms with Gasteiger partial charge in [0.05, 0.1) is 17.8 Å². The van der Waals surface area contributed by atoms with Gasteiger partial charge in [0, 0.05) is 11.8 Å². The van der Waals surface area contributed by atoms with Gasteiger partial charge < -0.3 is 10.1 Å². The molecule has 7 heteroatoms. The Morgan fingerprint density at radius 2 is 2.06 bits per heavy atom. The van der Waals surface area contributed by atoms with E-state index in [9.17, 15) is 8.78 Å². The molecule has 94 valence electrons. The Bertz CT molecular complexity index is 580. The molecule has 0 radical (unpaired) electrons. The van der Waals surface area contributed by atoms with Gasteiger partial charge >= 0.3 is 0 Å². The minimum atomic E-state index is -0.941. The predicted octanol–water partition coefficient (Wildman–Crippen LogP) is 3.27. The van der Waals surface area contributed by atoms with Gasteiger partial charge in [0.15, 0.2) is 11.6 Å². The molecule has 0 saturated heterocycles. The van der Waals surface area contributed by atoms with E-state index in [1.165, 1.54) is 19.4 Å². The van der Waals surface area contributed by atoms with Crippen LogP contribution in [0.5, 0.6) is 5.88 Å². The summed E-state index contributed by atoms with van der Waals surface area (Å²) < 4.78 is 31.3. The first kappa shape index (κ1) is 12.7. The Kier molecular flexibility index (Phi) is 3.71. The van der Waals surface area contributed by atoms with Crippen LogP contribution in [-0.2, 0) is 0 Å². The zero-order valence-corrected chi connectivity index (χ0v) is 10.8. The molecular formula is C11H8BrF2N3O. The van der Waals surface area contributed by atoms with E-state index in [0.717, 1.165) is 12.1 Å². The molecule has 0 aliphatic rings. The van der Waals surface area contributed by atoms with Crippen LogP contribution >= 0.6 is 15.9 Å². The molecule has 0 atom stereocenters. The highest BCUT2D eigenvalue weighted by atomic mass is 79.9. The van der Waals surface area contributed by atoms with Crippen LogP contribution in [0.2, 0.25) is 0 Å². The second-order valence-electron chi connectivity index (χ2n) is 3.30. The molecule has 2 rings (SSSR count). The third-order valence-electron chi connectivity index (χ3n) is 2.08. The SMILES string of the molecule is COc1nc(Nc2ccc(F)c(F)c2)ncc1Br.